The Labute approximate surface area is 110 Å². The van der Waals surface area contributed by atoms with Gasteiger partial charge in [0.25, 0.3) is 0 Å². The highest BCUT2D eigenvalue weighted by Gasteiger charge is 2.34. The van der Waals surface area contributed by atoms with E-state index in [4.69, 9.17) is 10.8 Å². The summed E-state index contributed by atoms with van der Waals surface area (Å²) in [7, 11) is 0. The van der Waals surface area contributed by atoms with E-state index >= 15 is 0 Å². The molecule has 6 heteroatoms. The molecule has 3 N–H and O–H groups in total. The quantitative estimate of drug-likeness (QED) is 0.833. The lowest BCUT2D eigenvalue weighted by Crippen LogP contribution is -2.42. The highest BCUT2D eigenvalue weighted by atomic mass is 19.4. The molecule has 19 heavy (non-hydrogen) atoms. The van der Waals surface area contributed by atoms with Crippen molar-refractivity contribution in [1.29, 1.82) is 0 Å². The molecule has 0 aliphatic carbocycles. The fourth-order valence-corrected chi connectivity index (χ4v) is 2.14. The summed E-state index contributed by atoms with van der Waals surface area (Å²) in [5.74, 6) is 0. The first-order chi connectivity index (χ1) is 8.89. The van der Waals surface area contributed by atoms with Gasteiger partial charge in [-0.25, -0.2) is 0 Å². The molecule has 1 atom stereocenters. The van der Waals surface area contributed by atoms with Crippen LogP contribution in [0.5, 0.6) is 0 Å². The molecule has 3 nitrogen and oxygen atoms in total. The van der Waals surface area contributed by atoms with Crippen molar-refractivity contribution in [3.8, 4) is 0 Å². The number of aliphatic hydroxyl groups is 1. The topological polar surface area (TPSA) is 49.5 Å². The van der Waals surface area contributed by atoms with Crippen molar-refractivity contribution in [3.05, 3.63) is 35.4 Å². The SMILES string of the molecule is Cc1ccccc1C(CN)N(CCO)CC(F)(F)F. The third-order valence-corrected chi connectivity index (χ3v) is 2.98. The van der Waals surface area contributed by atoms with Gasteiger partial charge in [-0.2, -0.15) is 13.2 Å². The van der Waals surface area contributed by atoms with Crippen LogP contribution in [-0.2, 0) is 0 Å². The second-order valence-electron chi connectivity index (χ2n) is 4.42. The summed E-state index contributed by atoms with van der Waals surface area (Å²) in [5, 5.41) is 8.94. The van der Waals surface area contributed by atoms with Crippen molar-refractivity contribution in [1.82, 2.24) is 4.90 Å². The largest absolute Gasteiger partial charge is 0.401 e. The molecule has 0 spiro atoms. The molecule has 0 radical (unpaired) electrons. The van der Waals surface area contributed by atoms with Gasteiger partial charge in [0.1, 0.15) is 0 Å². The number of hydrogen-bond acceptors (Lipinski definition) is 3. The molecule has 0 saturated carbocycles. The lowest BCUT2D eigenvalue weighted by Gasteiger charge is -2.32. The van der Waals surface area contributed by atoms with Crippen molar-refractivity contribution in [2.24, 2.45) is 5.73 Å². The van der Waals surface area contributed by atoms with Gasteiger partial charge in [-0.1, -0.05) is 24.3 Å². The zero-order chi connectivity index (χ0) is 14.5. The number of aryl methyl sites for hydroxylation is 1. The van der Waals surface area contributed by atoms with Crippen LogP contribution in [0.1, 0.15) is 17.2 Å². The Kier molecular flexibility index (Phi) is 5.78. The first kappa shape index (κ1) is 15.9. The molecule has 1 rings (SSSR count). The van der Waals surface area contributed by atoms with Gasteiger partial charge in [-0.05, 0) is 18.1 Å². The average molecular weight is 276 g/mol. The van der Waals surface area contributed by atoms with Crippen molar-refractivity contribution in [2.75, 3.05) is 26.2 Å². The van der Waals surface area contributed by atoms with Crippen LogP contribution in [0, 0.1) is 6.92 Å². The van der Waals surface area contributed by atoms with Gasteiger partial charge in [0.2, 0.25) is 0 Å². The summed E-state index contributed by atoms with van der Waals surface area (Å²) >= 11 is 0. The molecule has 1 aromatic carbocycles. The van der Waals surface area contributed by atoms with Gasteiger partial charge in [0.05, 0.1) is 13.2 Å². The highest BCUT2D eigenvalue weighted by Crippen LogP contribution is 2.26. The molecule has 0 aromatic heterocycles. The zero-order valence-electron chi connectivity index (χ0n) is 10.8. The van der Waals surface area contributed by atoms with E-state index < -0.39 is 18.8 Å². The molecule has 0 saturated heterocycles. The van der Waals surface area contributed by atoms with Crippen LogP contribution in [0.15, 0.2) is 24.3 Å². The van der Waals surface area contributed by atoms with E-state index in [1.807, 2.05) is 19.1 Å². The van der Waals surface area contributed by atoms with Crippen LogP contribution < -0.4 is 5.73 Å². The van der Waals surface area contributed by atoms with Gasteiger partial charge in [-0.15, -0.1) is 0 Å². The molecule has 0 heterocycles. The predicted molar refractivity (Wildman–Crippen MR) is 67.7 cm³/mol. The van der Waals surface area contributed by atoms with Gasteiger partial charge in [0.15, 0.2) is 0 Å². The van der Waals surface area contributed by atoms with E-state index in [0.717, 1.165) is 11.1 Å². The van der Waals surface area contributed by atoms with Crippen LogP contribution >= 0.6 is 0 Å². The van der Waals surface area contributed by atoms with Gasteiger partial charge >= 0.3 is 6.18 Å². The third-order valence-electron chi connectivity index (χ3n) is 2.98. The maximum absolute atomic E-state index is 12.6. The number of hydrogen-bond donors (Lipinski definition) is 2. The van der Waals surface area contributed by atoms with E-state index in [9.17, 15) is 13.2 Å². The smallest absolute Gasteiger partial charge is 0.395 e. The summed E-state index contributed by atoms with van der Waals surface area (Å²) in [5.41, 5.74) is 7.29. The van der Waals surface area contributed by atoms with E-state index in [-0.39, 0.29) is 19.7 Å². The van der Waals surface area contributed by atoms with Crippen LogP contribution in [0.4, 0.5) is 13.2 Å². The molecular weight excluding hydrogens is 257 g/mol. The Morgan fingerprint density at radius 3 is 2.42 bits per heavy atom. The lowest BCUT2D eigenvalue weighted by molar-refractivity contribution is -0.151. The summed E-state index contributed by atoms with van der Waals surface area (Å²) in [6, 6.07) is 6.66. The number of rotatable bonds is 6. The maximum atomic E-state index is 12.6. The number of alkyl halides is 3. The lowest BCUT2D eigenvalue weighted by atomic mass is 10.00. The number of aliphatic hydroxyl groups excluding tert-OH is 1. The predicted octanol–water partition coefficient (Wildman–Crippen LogP) is 1.85. The van der Waals surface area contributed by atoms with Crippen molar-refractivity contribution in [2.45, 2.75) is 19.1 Å². The molecular formula is C13H19F3N2O. The number of nitrogens with two attached hydrogens (primary N) is 1. The minimum Gasteiger partial charge on any atom is -0.395 e. The third kappa shape index (κ3) is 4.81. The normalized spacial score (nSPS) is 13.8. The molecule has 0 fully saturated rings. The first-order valence-corrected chi connectivity index (χ1v) is 6.06. The van der Waals surface area contributed by atoms with Gasteiger partial charge in [-0.3, -0.25) is 4.90 Å². The highest BCUT2D eigenvalue weighted by molar-refractivity contribution is 5.29. The van der Waals surface area contributed by atoms with E-state index in [2.05, 4.69) is 0 Å². The Bertz CT molecular complexity index is 396. The number of nitrogens with zero attached hydrogens (tertiary/aromatic N) is 1. The van der Waals surface area contributed by atoms with Crippen molar-refractivity contribution < 1.29 is 18.3 Å². The summed E-state index contributed by atoms with van der Waals surface area (Å²) in [6.45, 7) is 0.432. The summed E-state index contributed by atoms with van der Waals surface area (Å²) < 4.78 is 37.7. The van der Waals surface area contributed by atoms with E-state index in [1.165, 1.54) is 4.90 Å². The minimum atomic E-state index is -4.31. The molecule has 108 valence electrons. The average Bonchev–Trinajstić information content (AvgIpc) is 2.30. The molecule has 0 aliphatic rings. The molecule has 0 amide bonds. The van der Waals surface area contributed by atoms with Crippen molar-refractivity contribution in [3.63, 3.8) is 0 Å². The molecule has 0 bridgehead atoms. The summed E-state index contributed by atoms with van der Waals surface area (Å²) in [6.07, 6.45) is -4.31. The van der Waals surface area contributed by atoms with Crippen LogP contribution in [0.2, 0.25) is 0 Å². The zero-order valence-corrected chi connectivity index (χ0v) is 10.8. The minimum absolute atomic E-state index is 0.0598. The second-order valence-corrected chi connectivity index (χ2v) is 4.42. The first-order valence-electron chi connectivity index (χ1n) is 6.06. The Morgan fingerprint density at radius 2 is 1.95 bits per heavy atom. The summed E-state index contributed by atoms with van der Waals surface area (Å²) in [4.78, 5) is 1.17. The van der Waals surface area contributed by atoms with Crippen LogP contribution in [0.25, 0.3) is 0 Å². The van der Waals surface area contributed by atoms with E-state index in [1.54, 1.807) is 12.1 Å². The fourth-order valence-electron chi connectivity index (χ4n) is 2.14. The monoisotopic (exact) mass is 276 g/mol. The standard InChI is InChI=1S/C13H19F3N2O/c1-10-4-2-3-5-11(10)12(8-17)18(6-7-19)9-13(14,15)16/h2-5,12,19H,6-9,17H2,1H3. The molecule has 0 aliphatic heterocycles. The number of halogens is 3. The van der Waals surface area contributed by atoms with Crippen LogP contribution in [0.3, 0.4) is 0 Å². The van der Waals surface area contributed by atoms with Gasteiger partial charge in [0, 0.05) is 19.1 Å². The molecule has 1 unspecified atom stereocenters. The fraction of sp³-hybridized carbons (Fsp3) is 0.538. The van der Waals surface area contributed by atoms with Crippen LogP contribution in [-0.4, -0.2) is 42.4 Å². The Morgan fingerprint density at radius 1 is 1.32 bits per heavy atom. The Hall–Kier alpha value is -1.11. The van der Waals surface area contributed by atoms with Gasteiger partial charge < -0.3 is 10.8 Å². The number of benzene rings is 1. The van der Waals surface area contributed by atoms with E-state index in [0.29, 0.717) is 0 Å². The molecule has 1 aromatic rings. The van der Waals surface area contributed by atoms with Crippen molar-refractivity contribution >= 4 is 0 Å². The second kappa shape index (κ2) is 6.88. The maximum Gasteiger partial charge on any atom is 0.401 e. The Balaban J connectivity index is 3.00.